The van der Waals surface area contributed by atoms with Crippen LogP contribution in [0.15, 0.2) is 70.4 Å². The zero-order chi connectivity index (χ0) is 20.9. The number of aromatic nitrogens is 2. The lowest BCUT2D eigenvalue weighted by atomic mass is 10.2. The number of furan rings is 1. The normalized spacial score (nSPS) is 11.8. The maximum Gasteiger partial charge on any atom is 0.246 e. The van der Waals surface area contributed by atoms with Crippen LogP contribution >= 0.6 is 0 Å². The van der Waals surface area contributed by atoms with Crippen molar-refractivity contribution in [2.24, 2.45) is 7.05 Å². The van der Waals surface area contributed by atoms with Crippen LogP contribution in [0.4, 0.5) is 0 Å². The number of nitrogens with zero attached hydrogens (tertiary/aromatic N) is 3. The molecule has 8 nitrogen and oxygen atoms in total. The molecular weight excluding hydrogens is 392 g/mol. The minimum atomic E-state index is -3.65. The van der Waals surface area contributed by atoms with Gasteiger partial charge in [-0.25, -0.2) is 13.1 Å². The van der Waals surface area contributed by atoms with Crippen molar-refractivity contribution < 1.29 is 17.6 Å². The van der Waals surface area contributed by atoms with Crippen molar-refractivity contribution in [3.05, 3.63) is 78.0 Å². The van der Waals surface area contributed by atoms with Crippen molar-refractivity contribution in [2.45, 2.75) is 18.0 Å². The number of likely N-dealkylation sites (N-methyl/N-ethyl adjacent to an activating group) is 1. The highest BCUT2D eigenvalue weighted by Gasteiger charge is 2.14. The zero-order valence-electron chi connectivity index (χ0n) is 16.1. The third-order valence-corrected chi connectivity index (χ3v) is 5.60. The first-order valence-corrected chi connectivity index (χ1v) is 10.3. The number of hydrogen-bond acceptors (Lipinski definition) is 5. The van der Waals surface area contributed by atoms with Crippen LogP contribution in [0, 0.1) is 0 Å². The molecule has 29 heavy (non-hydrogen) atoms. The molecule has 3 rings (SSSR count). The van der Waals surface area contributed by atoms with Gasteiger partial charge < -0.3 is 9.32 Å². The summed E-state index contributed by atoms with van der Waals surface area (Å²) < 4.78 is 33.9. The second kappa shape index (κ2) is 8.89. The van der Waals surface area contributed by atoms with E-state index in [0.29, 0.717) is 12.3 Å². The molecule has 9 heteroatoms. The summed E-state index contributed by atoms with van der Waals surface area (Å²) in [6, 6.07) is 9.67. The van der Waals surface area contributed by atoms with E-state index in [1.807, 2.05) is 13.2 Å². The van der Waals surface area contributed by atoms with Crippen molar-refractivity contribution in [1.29, 1.82) is 0 Å². The second-order valence-electron chi connectivity index (χ2n) is 6.52. The van der Waals surface area contributed by atoms with Crippen LogP contribution in [-0.4, -0.2) is 36.1 Å². The van der Waals surface area contributed by atoms with E-state index in [2.05, 4.69) is 9.82 Å². The number of benzene rings is 1. The lowest BCUT2D eigenvalue weighted by Gasteiger charge is -2.13. The van der Waals surface area contributed by atoms with E-state index in [4.69, 9.17) is 4.42 Å². The van der Waals surface area contributed by atoms with Gasteiger partial charge in [-0.1, -0.05) is 12.1 Å². The van der Waals surface area contributed by atoms with Gasteiger partial charge in [-0.05, 0) is 35.9 Å². The lowest BCUT2D eigenvalue weighted by Crippen LogP contribution is -2.23. The van der Waals surface area contributed by atoms with E-state index in [-0.39, 0.29) is 17.3 Å². The van der Waals surface area contributed by atoms with E-state index in [1.54, 1.807) is 53.2 Å². The molecule has 1 aromatic carbocycles. The van der Waals surface area contributed by atoms with Gasteiger partial charge in [0.2, 0.25) is 15.9 Å². The minimum absolute atomic E-state index is 0.0781. The monoisotopic (exact) mass is 414 g/mol. The van der Waals surface area contributed by atoms with Crippen molar-refractivity contribution in [3.63, 3.8) is 0 Å². The average Bonchev–Trinajstić information content (AvgIpc) is 3.36. The van der Waals surface area contributed by atoms with E-state index in [9.17, 15) is 13.2 Å². The van der Waals surface area contributed by atoms with E-state index in [0.717, 1.165) is 11.1 Å². The molecular formula is C20H22N4O4S. The first-order chi connectivity index (χ1) is 13.8. The summed E-state index contributed by atoms with van der Waals surface area (Å²) in [7, 11) is -0.118. The second-order valence-corrected chi connectivity index (χ2v) is 8.29. The zero-order valence-corrected chi connectivity index (χ0v) is 17.0. The third kappa shape index (κ3) is 5.66. The molecule has 1 amide bonds. The van der Waals surface area contributed by atoms with Crippen molar-refractivity contribution >= 4 is 22.0 Å². The van der Waals surface area contributed by atoms with Crippen LogP contribution in [-0.2, 0) is 35.0 Å². The SMILES string of the molecule is CN(Cc1cnn(C)c1)C(=O)/C=C/c1ccc(S(=O)(=O)NCc2ccco2)cc1. The number of hydrogen-bond donors (Lipinski definition) is 1. The number of sulfonamides is 1. The Labute approximate surface area is 169 Å². The van der Waals surface area contributed by atoms with Gasteiger partial charge in [-0.3, -0.25) is 9.48 Å². The summed E-state index contributed by atoms with van der Waals surface area (Å²) in [6.07, 6.45) is 8.16. The van der Waals surface area contributed by atoms with Crippen LogP contribution in [0.2, 0.25) is 0 Å². The summed E-state index contributed by atoms with van der Waals surface area (Å²) in [4.78, 5) is 14.0. The lowest BCUT2D eigenvalue weighted by molar-refractivity contribution is -0.125. The molecule has 0 aliphatic carbocycles. The Hall–Kier alpha value is -3.17. The quantitative estimate of drug-likeness (QED) is 0.570. The summed E-state index contributed by atoms with van der Waals surface area (Å²) in [5.74, 6) is 0.368. The third-order valence-electron chi connectivity index (χ3n) is 4.18. The highest BCUT2D eigenvalue weighted by atomic mass is 32.2. The number of rotatable bonds is 8. The molecule has 0 aliphatic rings. The molecule has 0 atom stereocenters. The van der Waals surface area contributed by atoms with Crippen molar-refractivity contribution in [3.8, 4) is 0 Å². The number of carbonyl (C=O) groups excluding carboxylic acids is 1. The Kier molecular flexibility index (Phi) is 6.30. The fraction of sp³-hybridized carbons (Fsp3) is 0.200. The van der Waals surface area contributed by atoms with Gasteiger partial charge in [0.1, 0.15) is 5.76 Å². The first-order valence-electron chi connectivity index (χ1n) is 8.86. The van der Waals surface area contributed by atoms with Gasteiger partial charge in [0.25, 0.3) is 0 Å². The van der Waals surface area contributed by atoms with Gasteiger partial charge in [0.15, 0.2) is 0 Å². The standard InChI is InChI=1S/C20H22N4O4S/c1-23(14-17-12-21-24(2)15-17)20(25)10-7-16-5-8-19(9-6-16)29(26,27)22-13-18-4-3-11-28-18/h3-12,15,22H,13-14H2,1-2H3/b10-7+. The largest absolute Gasteiger partial charge is 0.468 e. The Morgan fingerprint density at radius 2 is 2.03 bits per heavy atom. The molecule has 0 saturated carbocycles. The molecule has 0 radical (unpaired) electrons. The van der Waals surface area contributed by atoms with Crippen LogP contribution in [0.3, 0.4) is 0 Å². The highest BCUT2D eigenvalue weighted by molar-refractivity contribution is 7.89. The molecule has 0 spiro atoms. The van der Waals surface area contributed by atoms with Gasteiger partial charge >= 0.3 is 0 Å². The molecule has 0 aliphatic heterocycles. The fourth-order valence-electron chi connectivity index (χ4n) is 2.62. The summed E-state index contributed by atoms with van der Waals surface area (Å²) in [5.41, 5.74) is 1.66. The minimum Gasteiger partial charge on any atom is -0.468 e. The number of carbonyl (C=O) groups is 1. The van der Waals surface area contributed by atoms with Gasteiger partial charge in [0, 0.05) is 38.5 Å². The van der Waals surface area contributed by atoms with E-state index < -0.39 is 10.0 Å². The Morgan fingerprint density at radius 1 is 1.28 bits per heavy atom. The molecule has 0 saturated heterocycles. The molecule has 0 unspecified atom stereocenters. The predicted molar refractivity (Wildman–Crippen MR) is 108 cm³/mol. The van der Waals surface area contributed by atoms with E-state index >= 15 is 0 Å². The number of aryl methyl sites for hydroxylation is 1. The van der Waals surface area contributed by atoms with Crippen LogP contribution < -0.4 is 4.72 Å². The van der Waals surface area contributed by atoms with Crippen molar-refractivity contribution in [1.82, 2.24) is 19.4 Å². The number of amides is 1. The van der Waals surface area contributed by atoms with Crippen molar-refractivity contribution in [2.75, 3.05) is 7.05 Å². The fourth-order valence-corrected chi connectivity index (χ4v) is 3.61. The Balaban J connectivity index is 1.58. The molecule has 2 aromatic heterocycles. The molecule has 3 aromatic rings. The van der Waals surface area contributed by atoms with Gasteiger partial charge in [-0.15, -0.1) is 0 Å². The highest BCUT2D eigenvalue weighted by Crippen LogP contribution is 2.13. The smallest absolute Gasteiger partial charge is 0.246 e. The maximum absolute atomic E-state index is 12.3. The topological polar surface area (TPSA) is 97.4 Å². The predicted octanol–water partition coefficient (Wildman–Crippen LogP) is 2.16. The molecule has 0 bridgehead atoms. The Bertz CT molecular complexity index is 1080. The summed E-state index contributed by atoms with van der Waals surface area (Å²) in [6.45, 7) is 0.532. The Morgan fingerprint density at radius 3 is 2.66 bits per heavy atom. The van der Waals surface area contributed by atoms with Gasteiger partial charge in [0.05, 0.1) is 23.9 Å². The van der Waals surface area contributed by atoms with Crippen LogP contribution in [0.5, 0.6) is 0 Å². The number of nitrogens with one attached hydrogen (secondary N) is 1. The van der Waals surface area contributed by atoms with Crippen LogP contribution in [0.1, 0.15) is 16.9 Å². The maximum atomic E-state index is 12.3. The first kappa shape index (κ1) is 20.6. The average molecular weight is 414 g/mol. The molecule has 152 valence electrons. The molecule has 1 N–H and O–H groups in total. The van der Waals surface area contributed by atoms with Gasteiger partial charge in [-0.2, -0.15) is 5.10 Å². The van der Waals surface area contributed by atoms with E-state index in [1.165, 1.54) is 24.5 Å². The summed E-state index contributed by atoms with van der Waals surface area (Å²) in [5, 5.41) is 4.08. The summed E-state index contributed by atoms with van der Waals surface area (Å²) >= 11 is 0. The molecule has 0 fully saturated rings. The van der Waals surface area contributed by atoms with Crippen LogP contribution in [0.25, 0.3) is 6.08 Å². The molecule has 2 heterocycles.